The number of nitrogens with zero attached hydrogens (tertiary/aromatic N) is 2. The van der Waals surface area contributed by atoms with Crippen LogP contribution in [0.25, 0.3) is 0 Å². The van der Waals surface area contributed by atoms with Gasteiger partial charge >= 0.3 is 0 Å². The number of benzene rings is 1. The van der Waals surface area contributed by atoms with Gasteiger partial charge in [-0.1, -0.05) is 38.1 Å². The lowest BCUT2D eigenvalue weighted by Gasteiger charge is -2.16. The summed E-state index contributed by atoms with van der Waals surface area (Å²) in [5, 5.41) is 0. The molecule has 0 fully saturated rings. The number of aryl methyl sites for hydroxylation is 1. The molecule has 2 rings (SSSR count). The van der Waals surface area contributed by atoms with E-state index in [-0.39, 0.29) is 5.92 Å². The quantitative estimate of drug-likeness (QED) is 0.897. The van der Waals surface area contributed by atoms with E-state index >= 15 is 0 Å². The number of imidazole rings is 1. The first-order valence-electron chi connectivity index (χ1n) is 6.40. The first kappa shape index (κ1) is 12.8. The van der Waals surface area contributed by atoms with Gasteiger partial charge in [0.25, 0.3) is 0 Å². The number of nitrogens with two attached hydrogens (primary N) is 1. The highest BCUT2D eigenvalue weighted by atomic mass is 15.0. The second-order valence-electron chi connectivity index (χ2n) is 5.01. The maximum absolute atomic E-state index is 5.91. The van der Waals surface area contributed by atoms with E-state index in [0.29, 0.717) is 12.5 Å². The zero-order valence-electron chi connectivity index (χ0n) is 11.3. The fraction of sp³-hybridized carbons (Fsp3) is 0.400. The second kappa shape index (κ2) is 5.36. The average molecular weight is 243 g/mol. The summed E-state index contributed by atoms with van der Waals surface area (Å²) < 4.78 is 2.04. The molecule has 1 heterocycles. The molecule has 0 radical (unpaired) electrons. The fourth-order valence-electron chi connectivity index (χ4n) is 2.22. The third-order valence-corrected chi connectivity index (χ3v) is 3.41. The van der Waals surface area contributed by atoms with Crippen LogP contribution in [-0.2, 0) is 7.05 Å². The van der Waals surface area contributed by atoms with Crippen LogP contribution in [0.3, 0.4) is 0 Å². The molecule has 0 spiro atoms. The van der Waals surface area contributed by atoms with Crippen LogP contribution in [0.1, 0.15) is 42.6 Å². The molecule has 1 unspecified atom stereocenters. The SMILES string of the molecule is CC(C)c1ccc(C(CN)c2nccn2C)cc1. The Hall–Kier alpha value is -1.61. The Labute approximate surface area is 109 Å². The molecule has 2 aromatic rings. The molecule has 96 valence electrons. The normalized spacial score (nSPS) is 12.9. The van der Waals surface area contributed by atoms with Gasteiger partial charge in [-0.05, 0) is 17.0 Å². The van der Waals surface area contributed by atoms with E-state index in [1.807, 2.05) is 24.0 Å². The summed E-state index contributed by atoms with van der Waals surface area (Å²) in [7, 11) is 2.01. The van der Waals surface area contributed by atoms with Crippen LogP contribution in [-0.4, -0.2) is 16.1 Å². The van der Waals surface area contributed by atoms with Crippen molar-refractivity contribution in [3.05, 3.63) is 53.6 Å². The van der Waals surface area contributed by atoms with E-state index in [2.05, 4.69) is 43.1 Å². The number of aromatic nitrogens is 2. The monoisotopic (exact) mass is 243 g/mol. The molecule has 0 saturated carbocycles. The minimum absolute atomic E-state index is 0.172. The molecule has 0 aliphatic carbocycles. The topological polar surface area (TPSA) is 43.8 Å². The van der Waals surface area contributed by atoms with Crippen molar-refractivity contribution in [2.24, 2.45) is 12.8 Å². The molecule has 0 bridgehead atoms. The van der Waals surface area contributed by atoms with Crippen molar-refractivity contribution >= 4 is 0 Å². The molecular weight excluding hydrogens is 222 g/mol. The van der Waals surface area contributed by atoms with Crippen molar-refractivity contribution in [1.82, 2.24) is 9.55 Å². The predicted octanol–water partition coefficient (Wildman–Crippen LogP) is 2.63. The summed E-state index contributed by atoms with van der Waals surface area (Å²) >= 11 is 0. The Morgan fingerprint density at radius 2 is 1.78 bits per heavy atom. The molecule has 0 saturated heterocycles. The molecule has 0 amide bonds. The van der Waals surface area contributed by atoms with E-state index < -0.39 is 0 Å². The summed E-state index contributed by atoms with van der Waals surface area (Å²) in [4.78, 5) is 4.40. The van der Waals surface area contributed by atoms with Gasteiger partial charge in [-0.15, -0.1) is 0 Å². The molecule has 2 N–H and O–H groups in total. The molecule has 1 aromatic carbocycles. The minimum atomic E-state index is 0.172. The molecule has 3 nitrogen and oxygen atoms in total. The Morgan fingerprint density at radius 1 is 1.17 bits per heavy atom. The molecule has 0 aliphatic heterocycles. The first-order chi connectivity index (χ1) is 8.63. The van der Waals surface area contributed by atoms with Crippen molar-refractivity contribution in [2.75, 3.05) is 6.54 Å². The predicted molar refractivity (Wildman–Crippen MR) is 74.6 cm³/mol. The third kappa shape index (κ3) is 2.46. The van der Waals surface area contributed by atoms with Gasteiger partial charge in [0.05, 0.1) is 5.92 Å². The number of rotatable bonds is 4. The van der Waals surface area contributed by atoms with Gasteiger partial charge in [0.2, 0.25) is 0 Å². The van der Waals surface area contributed by atoms with Crippen LogP contribution in [0, 0.1) is 0 Å². The Balaban J connectivity index is 2.31. The second-order valence-corrected chi connectivity index (χ2v) is 5.01. The van der Waals surface area contributed by atoms with Gasteiger partial charge in [0.1, 0.15) is 5.82 Å². The van der Waals surface area contributed by atoms with Crippen LogP contribution in [0.4, 0.5) is 0 Å². The maximum atomic E-state index is 5.91. The molecule has 0 aliphatic rings. The van der Waals surface area contributed by atoms with Gasteiger partial charge in [-0.25, -0.2) is 4.98 Å². The van der Waals surface area contributed by atoms with Gasteiger partial charge in [-0.2, -0.15) is 0 Å². The highest BCUT2D eigenvalue weighted by molar-refractivity contribution is 5.31. The van der Waals surface area contributed by atoms with Crippen LogP contribution >= 0.6 is 0 Å². The minimum Gasteiger partial charge on any atom is -0.337 e. The summed E-state index contributed by atoms with van der Waals surface area (Å²) in [6, 6.07) is 8.71. The Bertz CT molecular complexity index is 497. The van der Waals surface area contributed by atoms with Crippen molar-refractivity contribution in [3.63, 3.8) is 0 Å². The van der Waals surface area contributed by atoms with Crippen molar-refractivity contribution < 1.29 is 0 Å². The van der Waals surface area contributed by atoms with E-state index in [9.17, 15) is 0 Å². The van der Waals surface area contributed by atoms with Gasteiger partial charge in [-0.3, -0.25) is 0 Å². The van der Waals surface area contributed by atoms with Crippen molar-refractivity contribution in [2.45, 2.75) is 25.7 Å². The van der Waals surface area contributed by atoms with E-state index in [4.69, 9.17) is 5.73 Å². The van der Waals surface area contributed by atoms with Gasteiger partial charge < -0.3 is 10.3 Å². The molecule has 1 aromatic heterocycles. The fourth-order valence-corrected chi connectivity index (χ4v) is 2.22. The van der Waals surface area contributed by atoms with E-state index in [1.54, 1.807) is 0 Å². The summed E-state index contributed by atoms with van der Waals surface area (Å²) in [6.07, 6.45) is 3.78. The van der Waals surface area contributed by atoms with Crippen molar-refractivity contribution in [1.29, 1.82) is 0 Å². The molecule has 18 heavy (non-hydrogen) atoms. The summed E-state index contributed by atoms with van der Waals surface area (Å²) in [5.41, 5.74) is 8.50. The lowest BCUT2D eigenvalue weighted by molar-refractivity contribution is 0.698. The lowest BCUT2D eigenvalue weighted by atomic mass is 9.94. The zero-order chi connectivity index (χ0) is 13.1. The van der Waals surface area contributed by atoms with Crippen LogP contribution in [0.5, 0.6) is 0 Å². The molecular formula is C15H21N3. The van der Waals surface area contributed by atoms with Gasteiger partial charge in [0.15, 0.2) is 0 Å². The van der Waals surface area contributed by atoms with E-state index in [0.717, 1.165) is 5.82 Å². The summed E-state index contributed by atoms with van der Waals surface area (Å²) in [5.74, 6) is 1.75. The smallest absolute Gasteiger partial charge is 0.117 e. The number of hydrogen-bond acceptors (Lipinski definition) is 2. The zero-order valence-corrected chi connectivity index (χ0v) is 11.3. The van der Waals surface area contributed by atoms with Gasteiger partial charge in [0, 0.05) is 26.0 Å². The Kier molecular flexibility index (Phi) is 3.82. The van der Waals surface area contributed by atoms with Crippen LogP contribution in [0.2, 0.25) is 0 Å². The highest BCUT2D eigenvalue weighted by Crippen LogP contribution is 2.24. The standard InChI is InChI=1S/C15H21N3/c1-11(2)12-4-6-13(7-5-12)14(10-16)15-17-8-9-18(15)3/h4-9,11,14H,10,16H2,1-3H3. The average Bonchev–Trinajstić information content (AvgIpc) is 2.78. The highest BCUT2D eigenvalue weighted by Gasteiger charge is 2.16. The molecule has 3 heteroatoms. The third-order valence-electron chi connectivity index (χ3n) is 3.41. The largest absolute Gasteiger partial charge is 0.337 e. The summed E-state index contributed by atoms with van der Waals surface area (Å²) in [6.45, 7) is 4.98. The van der Waals surface area contributed by atoms with Crippen molar-refractivity contribution in [3.8, 4) is 0 Å². The first-order valence-corrected chi connectivity index (χ1v) is 6.40. The Morgan fingerprint density at radius 3 is 2.22 bits per heavy atom. The maximum Gasteiger partial charge on any atom is 0.117 e. The lowest BCUT2D eigenvalue weighted by Crippen LogP contribution is -2.17. The van der Waals surface area contributed by atoms with E-state index in [1.165, 1.54) is 11.1 Å². The van der Waals surface area contributed by atoms with Crippen LogP contribution in [0.15, 0.2) is 36.7 Å². The number of hydrogen-bond donors (Lipinski definition) is 1. The van der Waals surface area contributed by atoms with Crippen LogP contribution < -0.4 is 5.73 Å². The molecule has 1 atom stereocenters.